The predicted octanol–water partition coefficient (Wildman–Crippen LogP) is 4.58. The minimum absolute atomic E-state index is 0.573. The maximum Gasteiger partial charge on any atom is 0.119 e. The molecular formula is C17H18O. The minimum atomic E-state index is 0.573. The SMILES string of the molecule is C=CCOc1ccccc1.C=Cc1ccccc1. The van der Waals surface area contributed by atoms with Crippen molar-refractivity contribution in [1.82, 2.24) is 0 Å². The first-order valence-electron chi connectivity index (χ1n) is 5.83. The topological polar surface area (TPSA) is 9.23 Å². The van der Waals surface area contributed by atoms with Gasteiger partial charge in [0, 0.05) is 0 Å². The molecule has 0 spiro atoms. The van der Waals surface area contributed by atoms with E-state index in [1.807, 2.05) is 66.7 Å². The lowest BCUT2D eigenvalue weighted by atomic mass is 10.2. The van der Waals surface area contributed by atoms with E-state index < -0.39 is 0 Å². The zero-order chi connectivity index (χ0) is 13.1. The summed E-state index contributed by atoms with van der Waals surface area (Å²) in [6, 6.07) is 19.7. The predicted molar refractivity (Wildman–Crippen MR) is 78.7 cm³/mol. The summed E-state index contributed by atoms with van der Waals surface area (Å²) in [6.07, 6.45) is 3.56. The van der Waals surface area contributed by atoms with E-state index in [0.717, 1.165) is 5.75 Å². The van der Waals surface area contributed by atoms with E-state index in [-0.39, 0.29) is 0 Å². The molecule has 1 heteroatoms. The van der Waals surface area contributed by atoms with Crippen LogP contribution in [-0.4, -0.2) is 6.61 Å². The largest absolute Gasteiger partial charge is 0.490 e. The van der Waals surface area contributed by atoms with Gasteiger partial charge in [-0.05, 0) is 17.7 Å². The summed E-state index contributed by atoms with van der Waals surface area (Å²) >= 11 is 0. The molecule has 2 rings (SSSR count). The molecule has 0 atom stereocenters. The van der Waals surface area contributed by atoms with Gasteiger partial charge in [-0.1, -0.05) is 73.8 Å². The summed E-state index contributed by atoms with van der Waals surface area (Å²) in [5.74, 6) is 0.891. The van der Waals surface area contributed by atoms with Gasteiger partial charge in [0.15, 0.2) is 0 Å². The highest BCUT2D eigenvalue weighted by Gasteiger charge is 1.85. The number of hydrogen-bond acceptors (Lipinski definition) is 1. The number of hydrogen-bond donors (Lipinski definition) is 0. The highest BCUT2D eigenvalue weighted by molar-refractivity contribution is 5.45. The Morgan fingerprint density at radius 2 is 1.39 bits per heavy atom. The zero-order valence-corrected chi connectivity index (χ0v) is 10.5. The lowest BCUT2D eigenvalue weighted by Crippen LogP contribution is -1.91. The Bertz CT molecular complexity index is 446. The van der Waals surface area contributed by atoms with E-state index in [4.69, 9.17) is 4.74 Å². The van der Waals surface area contributed by atoms with Gasteiger partial charge in [-0.25, -0.2) is 0 Å². The molecule has 2 aromatic rings. The van der Waals surface area contributed by atoms with E-state index in [1.165, 1.54) is 5.56 Å². The Hall–Kier alpha value is -2.28. The Morgan fingerprint density at radius 3 is 1.83 bits per heavy atom. The fourth-order valence-electron chi connectivity index (χ4n) is 1.26. The molecule has 0 N–H and O–H groups in total. The van der Waals surface area contributed by atoms with Gasteiger partial charge in [0.05, 0.1) is 0 Å². The van der Waals surface area contributed by atoms with Gasteiger partial charge in [0.25, 0.3) is 0 Å². The molecule has 0 unspecified atom stereocenters. The van der Waals surface area contributed by atoms with Crippen LogP contribution >= 0.6 is 0 Å². The molecule has 0 heterocycles. The lowest BCUT2D eigenvalue weighted by Gasteiger charge is -1.99. The average Bonchev–Trinajstić information content (AvgIpc) is 2.48. The van der Waals surface area contributed by atoms with Gasteiger partial charge in [0.2, 0.25) is 0 Å². The van der Waals surface area contributed by atoms with Gasteiger partial charge in [-0.15, -0.1) is 0 Å². The monoisotopic (exact) mass is 238 g/mol. The van der Waals surface area contributed by atoms with Crippen LogP contribution in [0.15, 0.2) is 79.9 Å². The summed E-state index contributed by atoms with van der Waals surface area (Å²) in [4.78, 5) is 0. The van der Waals surface area contributed by atoms with Crippen molar-refractivity contribution in [2.45, 2.75) is 0 Å². The molecule has 0 saturated carbocycles. The Labute approximate surface area is 109 Å². The van der Waals surface area contributed by atoms with E-state index in [1.54, 1.807) is 6.08 Å². The van der Waals surface area contributed by atoms with Crippen molar-refractivity contribution in [2.24, 2.45) is 0 Å². The summed E-state index contributed by atoms with van der Waals surface area (Å²) in [7, 11) is 0. The first kappa shape index (κ1) is 13.8. The van der Waals surface area contributed by atoms with Crippen LogP contribution in [0.3, 0.4) is 0 Å². The first-order chi connectivity index (χ1) is 8.86. The standard InChI is InChI=1S/C9H10O.C8H8/c1-2-8-10-9-6-4-3-5-7-9;1-2-8-6-4-3-5-7-8/h2-7H,1,8H2;2-7H,1H2. The van der Waals surface area contributed by atoms with Crippen LogP contribution < -0.4 is 4.74 Å². The highest BCUT2D eigenvalue weighted by atomic mass is 16.5. The van der Waals surface area contributed by atoms with Gasteiger partial charge >= 0.3 is 0 Å². The first-order valence-corrected chi connectivity index (χ1v) is 5.83. The van der Waals surface area contributed by atoms with Crippen molar-refractivity contribution < 1.29 is 4.74 Å². The van der Waals surface area contributed by atoms with Crippen molar-refractivity contribution in [1.29, 1.82) is 0 Å². The van der Waals surface area contributed by atoms with Crippen LogP contribution in [0.25, 0.3) is 6.08 Å². The molecule has 0 fully saturated rings. The van der Waals surface area contributed by atoms with Crippen LogP contribution in [0.4, 0.5) is 0 Å². The second kappa shape index (κ2) is 8.82. The van der Waals surface area contributed by atoms with E-state index >= 15 is 0 Å². The second-order valence-electron chi connectivity index (χ2n) is 3.53. The van der Waals surface area contributed by atoms with Crippen molar-refractivity contribution in [3.05, 3.63) is 85.5 Å². The van der Waals surface area contributed by atoms with E-state index in [9.17, 15) is 0 Å². The molecule has 0 aromatic heterocycles. The third kappa shape index (κ3) is 5.71. The number of rotatable bonds is 4. The summed E-state index contributed by atoms with van der Waals surface area (Å²) in [5, 5.41) is 0. The molecule has 0 aliphatic carbocycles. The maximum absolute atomic E-state index is 5.24. The van der Waals surface area contributed by atoms with Crippen LogP contribution in [0.1, 0.15) is 5.56 Å². The van der Waals surface area contributed by atoms with Gasteiger partial charge < -0.3 is 4.74 Å². The van der Waals surface area contributed by atoms with Crippen molar-refractivity contribution in [3.8, 4) is 5.75 Å². The quantitative estimate of drug-likeness (QED) is 0.708. The van der Waals surface area contributed by atoms with Crippen molar-refractivity contribution >= 4 is 6.08 Å². The fraction of sp³-hybridized carbons (Fsp3) is 0.0588. The fourth-order valence-corrected chi connectivity index (χ4v) is 1.26. The van der Waals surface area contributed by atoms with Crippen LogP contribution in [-0.2, 0) is 0 Å². The van der Waals surface area contributed by atoms with Crippen LogP contribution in [0.2, 0.25) is 0 Å². The highest BCUT2D eigenvalue weighted by Crippen LogP contribution is 2.07. The Kier molecular flexibility index (Phi) is 6.76. The van der Waals surface area contributed by atoms with Gasteiger partial charge in [-0.2, -0.15) is 0 Å². The third-order valence-electron chi connectivity index (χ3n) is 2.15. The van der Waals surface area contributed by atoms with Gasteiger partial charge in [-0.3, -0.25) is 0 Å². The molecule has 0 radical (unpaired) electrons. The molecule has 18 heavy (non-hydrogen) atoms. The smallest absolute Gasteiger partial charge is 0.119 e. The van der Waals surface area contributed by atoms with E-state index in [2.05, 4.69) is 13.2 Å². The number of benzene rings is 2. The average molecular weight is 238 g/mol. The third-order valence-corrected chi connectivity index (χ3v) is 2.15. The molecular weight excluding hydrogens is 220 g/mol. The number of para-hydroxylation sites is 1. The van der Waals surface area contributed by atoms with Crippen LogP contribution in [0.5, 0.6) is 5.75 Å². The Balaban J connectivity index is 0.000000184. The van der Waals surface area contributed by atoms with Gasteiger partial charge in [0.1, 0.15) is 12.4 Å². The second-order valence-corrected chi connectivity index (χ2v) is 3.53. The Morgan fingerprint density at radius 1 is 0.833 bits per heavy atom. The zero-order valence-electron chi connectivity index (χ0n) is 10.5. The van der Waals surface area contributed by atoms with Crippen molar-refractivity contribution in [2.75, 3.05) is 6.61 Å². The van der Waals surface area contributed by atoms with Crippen LogP contribution in [0, 0.1) is 0 Å². The maximum atomic E-state index is 5.24. The normalized spacial score (nSPS) is 8.67. The molecule has 0 amide bonds. The lowest BCUT2D eigenvalue weighted by molar-refractivity contribution is 0.363. The molecule has 0 saturated heterocycles. The number of ether oxygens (including phenoxy) is 1. The summed E-state index contributed by atoms with van der Waals surface area (Å²) in [6.45, 7) is 7.76. The minimum Gasteiger partial charge on any atom is -0.490 e. The van der Waals surface area contributed by atoms with Crippen molar-refractivity contribution in [3.63, 3.8) is 0 Å². The molecule has 92 valence electrons. The summed E-state index contributed by atoms with van der Waals surface area (Å²) in [5.41, 5.74) is 1.17. The molecule has 2 aromatic carbocycles. The summed E-state index contributed by atoms with van der Waals surface area (Å²) < 4.78 is 5.24. The molecule has 1 nitrogen and oxygen atoms in total. The van der Waals surface area contributed by atoms with E-state index in [0.29, 0.717) is 6.61 Å². The molecule has 0 bridgehead atoms. The molecule has 0 aliphatic rings. The molecule has 0 aliphatic heterocycles.